The fourth-order valence-corrected chi connectivity index (χ4v) is 0.906. The normalized spacial score (nSPS) is 9.19. The van der Waals surface area contributed by atoms with Crippen molar-refractivity contribution in [3.8, 4) is 11.8 Å². The Morgan fingerprint density at radius 3 is 2.81 bits per heavy atom. The number of nitrogens with one attached hydrogen (secondary N) is 1. The van der Waals surface area contributed by atoms with E-state index in [1.165, 1.54) is 0 Å². The van der Waals surface area contributed by atoms with Crippen LogP contribution in [0.25, 0.3) is 0 Å². The van der Waals surface area contributed by atoms with Crippen LogP contribution in [-0.2, 0) is 4.84 Å². The first-order valence-corrected chi connectivity index (χ1v) is 4.42. The molecule has 0 saturated carbocycles. The number of hydrogen-bond acceptors (Lipinski definition) is 2. The Labute approximate surface area is 91.4 Å². The van der Waals surface area contributed by atoms with E-state index in [0.29, 0.717) is 0 Å². The second-order valence-electron chi connectivity index (χ2n) is 2.78. The Kier molecular flexibility index (Phi) is 4.42. The summed E-state index contributed by atoms with van der Waals surface area (Å²) < 4.78 is 25.3. The molecule has 1 amide bonds. The third kappa shape index (κ3) is 3.33. The third-order valence-corrected chi connectivity index (χ3v) is 1.67. The van der Waals surface area contributed by atoms with Gasteiger partial charge in [-0.2, -0.15) is 0 Å². The summed E-state index contributed by atoms with van der Waals surface area (Å²) in [4.78, 5) is 16.0. The zero-order chi connectivity index (χ0) is 12.0. The van der Waals surface area contributed by atoms with E-state index in [0.717, 1.165) is 18.2 Å². The molecule has 3 nitrogen and oxygen atoms in total. The molecule has 0 aliphatic heterocycles. The molecule has 0 fully saturated rings. The molecule has 1 rings (SSSR count). The van der Waals surface area contributed by atoms with Gasteiger partial charge in [-0.15, -0.1) is 5.92 Å². The van der Waals surface area contributed by atoms with Gasteiger partial charge in [0.05, 0.1) is 0 Å². The summed E-state index contributed by atoms with van der Waals surface area (Å²) in [7, 11) is 0. The predicted molar refractivity (Wildman–Crippen MR) is 53.2 cm³/mol. The summed E-state index contributed by atoms with van der Waals surface area (Å²) in [5.74, 6) is 2.37. The lowest BCUT2D eigenvalue weighted by atomic mass is 10.2. The number of halogens is 2. The van der Waals surface area contributed by atoms with Crippen molar-refractivity contribution in [3.63, 3.8) is 0 Å². The first kappa shape index (κ1) is 12.1. The van der Waals surface area contributed by atoms with Crippen LogP contribution in [0.3, 0.4) is 0 Å². The summed E-state index contributed by atoms with van der Waals surface area (Å²) in [6, 6.07) is 2.82. The number of carbonyl (C=O) groups is 1. The molecule has 84 valence electrons. The van der Waals surface area contributed by atoms with Gasteiger partial charge in [0.1, 0.15) is 6.61 Å². The standard InChI is InChI=1S/C11H9F2NO2/c1-2-3-6-16-14-11(15)8-4-5-9(12)10(13)7-8/h4-5,7H,6H2,1H3,(H,14,15). The molecule has 1 aromatic carbocycles. The van der Waals surface area contributed by atoms with E-state index in [9.17, 15) is 13.6 Å². The Bertz CT molecular complexity index is 449. The third-order valence-electron chi connectivity index (χ3n) is 1.67. The maximum Gasteiger partial charge on any atom is 0.274 e. The van der Waals surface area contributed by atoms with Gasteiger partial charge >= 0.3 is 0 Å². The van der Waals surface area contributed by atoms with Gasteiger partial charge in [-0.05, 0) is 25.1 Å². The molecule has 16 heavy (non-hydrogen) atoms. The van der Waals surface area contributed by atoms with Gasteiger partial charge in [-0.1, -0.05) is 5.92 Å². The fourth-order valence-electron chi connectivity index (χ4n) is 0.906. The maximum absolute atomic E-state index is 12.8. The topological polar surface area (TPSA) is 38.3 Å². The van der Waals surface area contributed by atoms with Gasteiger partial charge in [0, 0.05) is 5.56 Å². The number of rotatable bonds is 3. The van der Waals surface area contributed by atoms with E-state index in [1.54, 1.807) is 6.92 Å². The van der Waals surface area contributed by atoms with Crippen LogP contribution in [0, 0.1) is 23.5 Å². The highest BCUT2D eigenvalue weighted by atomic mass is 19.2. The highest BCUT2D eigenvalue weighted by Gasteiger charge is 2.09. The van der Waals surface area contributed by atoms with E-state index >= 15 is 0 Å². The number of hydrogen-bond donors (Lipinski definition) is 1. The number of carbonyl (C=O) groups excluding carboxylic acids is 1. The maximum atomic E-state index is 12.8. The molecule has 0 saturated heterocycles. The van der Waals surface area contributed by atoms with E-state index < -0.39 is 17.5 Å². The molecule has 0 radical (unpaired) electrons. The van der Waals surface area contributed by atoms with Crippen molar-refractivity contribution in [2.75, 3.05) is 6.61 Å². The first-order chi connectivity index (χ1) is 7.65. The molecule has 1 aromatic rings. The van der Waals surface area contributed by atoms with Crippen molar-refractivity contribution in [2.24, 2.45) is 0 Å². The van der Waals surface area contributed by atoms with Gasteiger partial charge in [-0.25, -0.2) is 14.3 Å². The average Bonchev–Trinajstić information content (AvgIpc) is 2.28. The van der Waals surface area contributed by atoms with Crippen LogP contribution in [0.5, 0.6) is 0 Å². The second kappa shape index (κ2) is 5.83. The van der Waals surface area contributed by atoms with Crippen LogP contribution in [0.15, 0.2) is 18.2 Å². The summed E-state index contributed by atoms with van der Waals surface area (Å²) in [6.45, 7) is 1.66. The van der Waals surface area contributed by atoms with Crippen molar-refractivity contribution in [3.05, 3.63) is 35.4 Å². The van der Waals surface area contributed by atoms with Crippen molar-refractivity contribution in [1.82, 2.24) is 5.48 Å². The molecule has 0 aliphatic rings. The Morgan fingerprint density at radius 1 is 1.44 bits per heavy atom. The first-order valence-electron chi connectivity index (χ1n) is 4.42. The molecule has 0 heterocycles. The Morgan fingerprint density at radius 2 is 2.19 bits per heavy atom. The zero-order valence-electron chi connectivity index (χ0n) is 8.51. The van der Waals surface area contributed by atoms with Crippen LogP contribution in [0.1, 0.15) is 17.3 Å². The van der Waals surface area contributed by atoms with Gasteiger partial charge in [0.15, 0.2) is 11.6 Å². The monoisotopic (exact) mass is 225 g/mol. The lowest BCUT2D eigenvalue weighted by Gasteiger charge is -2.03. The molecule has 5 heteroatoms. The van der Waals surface area contributed by atoms with Gasteiger partial charge in [0.2, 0.25) is 0 Å². The highest BCUT2D eigenvalue weighted by Crippen LogP contribution is 2.08. The van der Waals surface area contributed by atoms with Gasteiger partial charge in [0.25, 0.3) is 5.91 Å². The van der Waals surface area contributed by atoms with Crippen LogP contribution in [0.4, 0.5) is 8.78 Å². The summed E-state index contributed by atoms with van der Waals surface area (Å²) in [5, 5.41) is 0. The molecule has 0 spiro atoms. The van der Waals surface area contributed by atoms with E-state index in [4.69, 9.17) is 0 Å². The number of amides is 1. The lowest BCUT2D eigenvalue weighted by molar-refractivity contribution is 0.0437. The summed E-state index contributed by atoms with van der Waals surface area (Å²) >= 11 is 0. The highest BCUT2D eigenvalue weighted by molar-refractivity contribution is 5.93. The summed E-state index contributed by atoms with van der Waals surface area (Å²) in [6.07, 6.45) is 0. The molecule has 0 aliphatic carbocycles. The minimum atomic E-state index is -1.08. The van der Waals surface area contributed by atoms with Gasteiger partial charge in [-0.3, -0.25) is 9.63 Å². The van der Waals surface area contributed by atoms with Crippen molar-refractivity contribution in [1.29, 1.82) is 0 Å². The predicted octanol–water partition coefficient (Wildman–Crippen LogP) is 1.65. The Hall–Kier alpha value is -1.93. The minimum absolute atomic E-state index is 0.0247. The molecule has 0 unspecified atom stereocenters. The Balaban J connectivity index is 2.58. The smallest absolute Gasteiger partial charge is 0.267 e. The number of benzene rings is 1. The SMILES string of the molecule is CC#CCONC(=O)c1ccc(F)c(F)c1. The van der Waals surface area contributed by atoms with Gasteiger partial charge < -0.3 is 0 Å². The zero-order valence-corrected chi connectivity index (χ0v) is 8.51. The lowest BCUT2D eigenvalue weighted by Crippen LogP contribution is -2.24. The van der Waals surface area contributed by atoms with E-state index in [-0.39, 0.29) is 12.2 Å². The number of hydroxylamine groups is 1. The average molecular weight is 225 g/mol. The van der Waals surface area contributed by atoms with Crippen LogP contribution in [-0.4, -0.2) is 12.5 Å². The van der Waals surface area contributed by atoms with Crippen LogP contribution in [0.2, 0.25) is 0 Å². The van der Waals surface area contributed by atoms with Crippen molar-refractivity contribution < 1.29 is 18.4 Å². The largest absolute Gasteiger partial charge is 0.274 e. The molecular weight excluding hydrogens is 216 g/mol. The molecule has 0 bridgehead atoms. The minimum Gasteiger partial charge on any atom is -0.267 e. The molecular formula is C11H9F2NO2. The molecule has 0 aromatic heterocycles. The van der Waals surface area contributed by atoms with Crippen LogP contribution < -0.4 is 5.48 Å². The van der Waals surface area contributed by atoms with E-state index in [1.807, 2.05) is 5.48 Å². The van der Waals surface area contributed by atoms with Crippen LogP contribution >= 0.6 is 0 Å². The quantitative estimate of drug-likeness (QED) is 0.482. The summed E-state index contributed by atoms with van der Waals surface area (Å²) in [5.41, 5.74) is 2.03. The molecule has 0 atom stereocenters. The second-order valence-corrected chi connectivity index (χ2v) is 2.78. The fraction of sp³-hybridized carbons (Fsp3) is 0.182. The van der Waals surface area contributed by atoms with E-state index in [2.05, 4.69) is 16.7 Å². The van der Waals surface area contributed by atoms with Crippen molar-refractivity contribution >= 4 is 5.91 Å². The molecule has 1 N–H and O–H groups in total. The van der Waals surface area contributed by atoms with Crippen molar-refractivity contribution in [2.45, 2.75) is 6.92 Å².